The van der Waals surface area contributed by atoms with E-state index in [0.29, 0.717) is 6.54 Å². The first kappa shape index (κ1) is 18.5. The molecule has 1 heterocycles. The third kappa shape index (κ3) is 5.39. The van der Waals surface area contributed by atoms with Gasteiger partial charge in [-0.2, -0.15) is 0 Å². The van der Waals surface area contributed by atoms with Gasteiger partial charge in [-0.15, -0.1) is 18.3 Å². The highest BCUT2D eigenvalue weighted by atomic mass is 32.2. The van der Waals surface area contributed by atoms with Gasteiger partial charge < -0.3 is 10.1 Å². The molecule has 1 saturated heterocycles. The number of nitrogens with one attached hydrogen (secondary N) is 1. The lowest BCUT2D eigenvalue weighted by Crippen LogP contribution is -2.41. The van der Waals surface area contributed by atoms with Gasteiger partial charge in [-0.3, -0.25) is 14.5 Å². The molecule has 0 saturated carbocycles. The lowest BCUT2D eigenvalue weighted by Gasteiger charge is -2.30. The zero-order valence-electron chi connectivity index (χ0n) is 14.0. The number of thioether (sulfide) groups is 1. The highest BCUT2D eigenvalue weighted by molar-refractivity contribution is 7.99. The van der Waals surface area contributed by atoms with Crippen LogP contribution in [0.15, 0.2) is 41.8 Å². The van der Waals surface area contributed by atoms with Crippen molar-refractivity contribution in [1.82, 2.24) is 4.90 Å². The number of methoxy groups -OCH3 is 1. The number of hydrogen-bond donors (Lipinski definition) is 1. The normalized spacial score (nSPS) is 15.7. The molecule has 0 unspecified atom stereocenters. The number of carbonyl (C=O) groups excluding carboxylic acids is 2. The SMILES string of the molecule is C=CCSc1ccccc1NC(=O)CN1CCC(C(=O)OC)CC1. The van der Waals surface area contributed by atoms with Gasteiger partial charge in [0.05, 0.1) is 25.3 Å². The van der Waals surface area contributed by atoms with Gasteiger partial charge in [-0.05, 0) is 38.1 Å². The predicted octanol–water partition coefficient (Wildman–Crippen LogP) is 2.79. The first-order chi connectivity index (χ1) is 11.6. The van der Waals surface area contributed by atoms with Gasteiger partial charge in [-0.1, -0.05) is 18.2 Å². The number of piperidine rings is 1. The quantitative estimate of drug-likeness (QED) is 0.466. The average Bonchev–Trinajstić information content (AvgIpc) is 2.61. The van der Waals surface area contributed by atoms with Crippen LogP contribution in [0, 0.1) is 5.92 Å². The Morgan fingerprint density at radius 3 is 2.75 bits per heavy atom. The molecule has 5 nitrogen and oxygen atoms in total. The fraction of sp³-hybridized carbons (Fsp3) is 0.444. The summed E-state index contributed by atoms with van der Waals surface area (Å²) in [5.41, 5.74) is 0.832. The maximum Gasteiger partial charge on any atom is 0.308 e. The minimum atomic E-state index is -0.146. The van der Waals surface area contributed by atoms with Crippen LogP contribution in [0.2, 0.25) is 0 Å². The Bertz CT molecular complexity index is 583. The summed E-state index contributed by atoms with van der Waals surface area (Å²) in [6.45, 7) is 5.53. The van der Waals surface area contributed by atoms with Gasteiger partial charge in [-0.25, -0.2) is 0 Å². The molecule has 1 N–H and O–H groups in total. The maximum atomic E-state index is 12.3. The topological polar surface area (TPSA) is 58.6 Å². The van der Waals surface area contributed by atoms with Crippen molar-refractivity contribution in [3.05, 3.63) is 36.9 Å². The number of nitrogens with zero attached hydrogens (tertiary/aromatic N) is 1. The summed E-state index contributed by atoms with van der Waals surface area (Å²) in [5.74, 6) is 0.587. The number of amides is 1. The molecule has 1 amide bonds. The molecule has 1 aromatic carbocycles. The molecule has 0 spiro atoms. The first-order valence-corrected chi connectivity index (χ1v) is 9.05. The Morgan fingerprint density at radius 1 is 1.38 bits per heavy atom. The number of benzene rings is 1. The summed E-state index contributed by atoms with van der Waals surface area (Å²) >= 11 is 1.64. The van der Waals surface area contributed by atoms with Crippen LogP contribution in [-0.4, -0.2) is 49.3 Å². The fourth-order valence-corrected chi connectivity index (χ4v) is 3.48. The van der Waals surface area contributed by atoms with E-state index in [0.717, 1.165) is 42.3 Å². The van der Waals surface area contributed by atoms with Crippen LogP contribution in [0.5, 0.6) is 0 Å². The maximum absolute atomic E-state index is 12.3. The van der Waals surface area contributed by atoms with Crippen molar-refractivity contribution < 1.29 is 14.3 Å². The van der Waals surface area contributed by atoms with Crippen molar-refractivity contribution in [2.45, 2.75) is 17.7 Å². The van der Waals surface area contributed by atoms with Crippen LogP contribution in [0.1, 0.15) is 12.8 Å². The number of carbonyl (C=O) groups is 2. The second-order valence-electron chi connectivity index (χ2n) is 5.72. The molecule has 6 heteroatoms. The van der Waals surface area contributed by atoms with E-state index in [4.69, 9.17) is 4.74 Å². The van der Waals surface area contributed by atoms with Crippen molar-refractivity contribution in [3.8, 4) is 0 Å². The summed E-state index contributed by atoms with van der Waals surface area (Å²) in [4.78, 5) is 27.0. The Hall–Kier alpha value is -1.79. The number of likely N-dealkylation sites (tertiary alicyclic amines) is 1. The van der Waals surface area contributed by atoms with E-state index in [2.05, 4.69) is 16.8 Å². The molecular formula is C18H24N2O3S. The van der Waals surface area contributed by atoms with E-state index in [1.54, 1.807) is 11.8 Å². The van der Waals surface area contributed by atoms with Gasteiger partial charge in [0, 0.05) is 10.6 Å². The molecule has 1 fully saturated rings. The van der Waals surface area contributed by atoms with Crippen molar-refractivity contribution in [1.29, 1.82) is 0 Å². The molecule has 0 radical (unpaired) electrons. The van der Waals surface area contributed by atoms with Gasteiger partial charge in [0.25, 0.3) is 0 Å². The number of rotatable bonds is 7. The molecule has 1 aliphatic heterocycles. The summed E-state index contributed by atoms with van der Waals surface area (Å²) in [5, 5.41) is 2.98. The van der Waals surface area contributed by atoms with Crippen LogP contribution in [-0.2, 0) is 14.3 Å². The van der Waals surface area contributed by atoms with E-state index >= 15 is 0 Å². The Labute approximate surface area is 147 Å². The van der Waals surface area contributed by atoms with Crippen LogP contribution in [0.25, 0.3) is 0 Å². The van der Waals surface area contributed by atoms with Crippen LogP contribution >= 0.6 is 11.8 Å². The molecular weight excluding hydrogens is 324 g/mol. The fourth-order valence-electron chi connectivity index (χ4n) is 2.73. The van der Waals surface area contributed by atoms with E-state index in [-0.39, 0.29) is 17.8 Å². The molecule has 0 aromatic heterocycles. The third-order valence-electron chi connectivity index (χ3n) is 4.01. The summed E-state index contributed by atoms with van der Waals surface area (Å²) < 4.78 is 4.78. The van der Waals surface area contributed by atoms with Crippen LogP contribution in [0.3, 0.4) is 0 Å². The molecule has 0 bridgehead atoms. The zero-order valence-corrected chi connectivity index (χ0v) is 14.8. The third-order valence-corrected chi connectivity index (χ3v) is 5.08. The molecule has 24 heavy (non-hydrogen) atoms. The monoisotopic (exact) mass is 348 g/mol. The molecule has 2 rings (SSSR count). The Kier molecular flexibility index (Phi) is 7.34. The standard InChI is InChI=1S/C18H24N2O3S/c1-3-12-24-16-7-5-4-6-15(16)19-17(21)13-20-10-8-14(9-11-20)18(22)23-2/h3-7,14H,1,8-13H2,2H3,(H,19,21). The second-order valence-corrected chi connectivity index (χ2v) is 6.78. The van der Waals surface area contributed by atoms with Crippen molar-refractivity contribution in [3.63, 3.8) is 0 Å². The molecule has 0 atom stereocenters. The molecule has 130 valence electrons. The zero-order chi connectivity index (χ0) is 17.4. The highest BCUT2D eigenvalue weighted by Gasteiger charge is 2.26. The summed E-state index contributed by atoms with van der Waals surface area (Å²) in [6.07, 6.45) is 3.33. The first-order valence-electron chi connectivity index (χ1n) is 8.06. The highest BCUT2D eigenvalue weighted by Crippen LogP contribution is 2.27. The van der Waals surface area contributed by atoms with E-state index < -0.39 is 0 Å². The van der Waals surface area contributed by atoms with Crippen LogP contribution < -0.4 is 5.32 Å². The Morgan fingerprint density at radius 2 is 2.08 bits per heavy atom. The second kappa shape index (κ2) is 9.49. The molecule has 1 aliphatic rings. The van der Waals surface area contributed by atoms with Gasteiger partial charge in [0.2, 0.25) is 5.91 Å². The minimum absolute atomic E-state index is 0.0295. The number of hydrogen-bond acceptors (Lipinski definition) is 5. The predicted molar refractivity (Wildman–Crippen MR) is 97.2 cm³/mol. The number of ether oxygens (including phenoxy) is 1. The lowest BCUT2D eigenvalue weighted by atomic mass is 9.97. The minimum Gasteiger partial charge on any atom is -0.469 e. The van der Waals surface area contributed by atoms with Crippen LogP contribution in [0.4, 0.5) is 5.69 Å². The molecule has 1 aromatic rings. The molecule has 0 aliphatic carbocycles. The smallest absolute Gasteiger partial charge is 0.308 e. The van der Waals surface area contributed by atoms with Gasteiger partial charge >= 0.3 is 5.97 Å². The van der Waals surface area contributed by atoms with Gasteiger partial charge in [0.1, 0.15) is 0 Å². The van der Waals surface area contributed by atoms with Gasteiger partial charge in [0.15, 0.2) is 0 Å². The van der Waals surface area contributed by atoms with Crippen molar-refractivity contribution >= 4 is 29.3 Å². The number of para-hydroxylation sites is 1. The number of anilines is 1. The van der Waals surface area contributed by atoms with E-state index in [1.807, 2.05) is 30.3 Å². The summed E-state index contributed by atoms with van der Waals surface area (Å²) in [7, 11) is 1.42. The average molecular weight is 348 g/mol. The van der Waals surface area contributed by atoms with E-state index in [9.17, 15) is 9.59 Å². The van der Waals surface area contributed by atoms with Crippen molar-refractivity contribution in [2.75, 3.05) is 37.8 Å². The van der Waals surface area contributed by atoms with Crippen molar-refractivity contribution in [2.24, 2.45) is 5.92 Å². The van der Waals surface area contributed by atoms with E-state index in [1.165, 1.54) is 7.11 Å². The lowest BCUT2D eigenvalue weighted by molar-refractivity contribution is -0.147. The largest absolute Gasteiger partial charge is 0.469 e. The number of esters is 1. The Balaban J connectivity index is 1.84. The summed E-state index contributed by atoms with van der Waals surface area (Å²) in [6, 6.07) is 7.77.